The van der Waals surface area contributed by atoms with Crippen molar-refractivity contribution in [3.05, 3.63) is 54.1 Å². The second-order valence-electron chi connectivity index (χ2n) is 7.32. The fraction of sp³-hybridized carbons (Fsp3) is 0.364. The molecule has 1 fully saturated rings. The molecule has 31 heavy (non-hydrogen) atoms. The summed E-state index contributed by atoms with van der Waals surface area (Å²) in [5, 5.41) is 6.89. The number of rotatable bonds is 6. The molecule has 1 unspecified atom stereocenters. The van der Waals surface area contributed by atoms with Crippen molar-refractivity contribution >= 4 is 5.91 Å². The largest absolute Gasteiger partial charge is 0.486 e. The maximum absolute atomic E-state index is 12.7. The molecular weight excluding hydrogens is 402 g/mol. The van der Waals surface area contributed by atoms with Crippen molar-refractivity contribution in [1.82, 2.24) is 15.4 Å². The van der Waals surface area contributed by atoms with E-state index >= 15 is 0 Å². The molecular formula is C22H23N3O6. The highest BCUT2D eigenvalue weighted by Crippen LogP contribution is 2.34. The van der Waals surface area contributed by atoms with E-state index in [4.69, 9.17) is 23.2 Å². The monoisotopic (exact) mass is 425 g/mol. The summed E-state index contributed by atoms with van der Waals surface area (Å²) in [6.07, 6.45) is 1.64. The van der Waals surface area contributed by atoms with Crippen LogP contribution >= 0.6 is 0 Å². The molecule has 2 aromatic heterocycles. The van der Waals surface area contributed by atoms with Crippen LogP contribution in [0.2, 0.25) is 0 Å². The van der Waals surface area contributed by atoms with Crippen LogP contribution in [-0.2, 0) is 4.74 Å². The Morgan fingerprint density at radius 1 is 1.06 bits per heavy atom. The first-order valence-electron chi connectivity index (χ1n) is 10.3. The predicted octanol–water partition coefficient (Wildman–Crippen LogP) is 2.51. The van der Waals surface area contributed by atoms with E-state index in [0.29, 0.717) is 50.2 Å². The summed E-state index contributed by atoms with van der Waals surface area (Å²) in [5.41, 5.74) is 0.975. The van der Waals surface area contributed by atoms with E-state index in [1.165, 1.54) is 0 Å². The standard InChI is InChI=1S/C22H23N3O6/c26-22(23-14-17(18-2-1-7-28-18)25-5-8-27-9-6-25)16-13-20(31-24-16)15-3-4-19-21(12-15)30-11-10-29-19/h1-4,7,12-13,17H,5-6,8-11,14H2,(H,23,26). The molecule has 1 amide bonds. The Hall–Kier alpha value is -3.30. The molecule has 9 heteroatoms. The number of hydrogen-bond donors (Lipinski definition) is 1. The van der Waals surface area contributed by atoms with Crippen molar-refractivity contribution in [2.24, 2.45) is 0 Å². The Kier molecular flexibility index (Phi) is 5.59. The van der Waals surface area contributed by atoms with Crippen LogP contribution < -0.4 is 14.8 Å². The molecule has 1 saturated heterocycles. The minimum absolute atomic E-state index is 0.0768. The third-order valence-electron chi connectivity index (χ3n) is 5.38. The SMILES string of the molecule is O=C(NCC(c1ccco1)N1CCOCC1)c1cc(-c2ccc3c(c2)OCCO3)on1. The fourth-order valence-electron chi connectivity index (χ4n) is 3.77. The van der Waals surface area contributed by atoms with Crippen molar-refractivity contribution in [2.45, 2.75) is 6.04 Å². The van der Waals surface area contributed by atoms with Crippen LogP contribution in [0.3, 0.4) is 0 Å². The van der Waals surface area contributed by atoms with E-state index < -0.39 is 0 Å². The van der Waals surface area contributed by atoms with Gasteiger partial charge in [0.05, 0.1) is 25.5 Å². The van der Waals surface area contributed by atoms with Crippen molar-refractivity contribution < 1.29 is 27.9 Å². The Labute approximate surface area is 178 Å². The maximum Gasteiger partial charge on any atom is 0.273 e. The molecule has 1 aromatic carbocycles. The van der Waals surface area contributed by atoms with E-state index in [1.54, 1.807) is 12.3 Å². The van der Waals surface area contributed by atoms with Gasteiger partial charge in [0.25, 0.3) is 5.91 Å². The molecule has 0 spiro atoms. The van der Waals surface area contributed by atoms with Crippen molar-refractivity contribution in [3.8, 4) is 22.8 Å². The molecule has 0 aliphatic carbocycles. The lowest BCUT2D eigenvalue weighted by Gasteiger charge is -2.33. The second-order valence-corrected chi connectivity index (χ2v) is 7.32. The molecule has 3 aromatic rings. The lowest BCUT2D eigenvalue weighted by atomic mass is 10.1. The smallest absolute Gasteiger partial charge is 0.273 e. The lowest BCUT2D eigenvalue weighted by Crippen LogP contribution is -2.43. The summed E-state index contributed by atoms with van der Waals surface area (Å²) in [6.45, 7) is 4.29. The number of ether oxygens (including phenoxy) is 3. The Bertz CT molecular complexity index is 1030. The number of nitrogens with one attached hydrogen (secondary N) is 1. The highest BCUT2D eigenvalue weighted by molar-refractivity contribution is 5.93. The first-order valence-corrected chi connectivity index (χ1v) is 10.3. The van der Waals surface area contributed by atoms with E-state index in [-0.39, 0.29) is 17.6 Å². The van der Waals surface area contributed by atoms with E-state index in [2.05, 4.69) is 15.4 Å². The number of carbonyl (C=O) groups is 1. The van der Waals surface area contributed by atoms with Gasteiger partial charge in [-0.25, -0.2) is 0 Å². The Balaban J connectivity index is 1.27. The predicted molar refractivity (Wildman–Crippen MR) is 109 cm³/mol. The molecule has 0 saturated carbocycles. The van der Waals surface area contributed by atoms with Gasteiger partial charge in [0.15, 0.2) is 23.0 Å². The number of furan rings is 1. The molecule has 4 heterocycles. The van der Waals surface area contributed by atoms with Crippen LogP contribution in [0.4, 0.5) is 0 Å². The minimum Gasteiger partial charge on any atom is -0.486 e. The van der Waals surface area contributed by atoms with E-state index in [1.807, 2.05) is 30.3 Å². The number of amides is 1. The Morgan fingerprint density at radius 3 is 2.71 bits per heavy atom. The third kappa shape index (κ3) is 4.28. The molecule has 0 bridgehead atoms. The number of nitrogens with zero attached hydrogens (tertiary/aromatic N) is 2. The summed E-state index contributed by atoms with van der Waals surface area (Å²) in [5.74, 6) is 2.33. The Morgan fingerprint density at radius 2 is 1.90 bits per heavy atom. The van der Waals surface area contributed by atoms with E-state index in [0.717, 1.165) is 24.4 Å². The number of fused-ring (bicyclic) bond motifs is 1. The van der Waals surface area contributed by atoms with Gasteiger partial charge in [-0.1, -0.05) is 5.16 Å². The van der Waals surface area contributed by atoms with Gasteiger partial charge in [-0.05, 0) is 30.3 Å². The summed E-state index contributed by atoms with van der Waals surface area (Å²) in [4.78, 5) is 15.0. The first kappa shape index (κ1) is 19.7. The van der Waals surface area contributed by atoms with Gasteiger partial charge >= 0.3 is 0 Å². The summed E-state index contributed by atoms with van der Waals surface area (Å²) < 4.78 is 27.6. The molecule has 5 rings (SSSR count). The van der Waals surface area contributed by atoms with Crippen LogP contribution in [-0.4, -0.2) is 62.0 Å². The highest BCUT2D eigenvalue weighted by atomic mass is 16.6. The van der Waals surface area contributed by atoms with Crippen LogP contribution in [0.15, 0.2) is 51.6 Å². The number of hydrogen-bond acceptors (Lipinski definition) is 8. The summed E-state index contributed by atoms with van der Waals surface area (Å²) in [7, 11) is 0. The molecule has 1 N–H and O–H groups in total. The molecule has 162 valence electrons. The van der Waals surface area contributed by atoms with Crippen LogP contribution in [0.5, 0.6) is 11.5 Å². The zero-order valence-electron chi connectivity index (χ0n) is 16.9. The normalized spacial score (nSPS) is 17.3. The highest BCUT2D eigenvalue weighted by Gasteiger charge is 2.26. The zero-order valence-corrected chi connectivity index (χ0v) is 16.9. The van der Waals surface area contributed by atoms with Gasteiger partial charge in [0, 0.05) is 31.3 Å². The fourth-order valence-corrected chi connectivity index (χ4v) is 3.77. The third-order valence-corrected chi connectivity index (χ3v) is 5.38. The number of morpholine rings is 1. The van der Waals surface area contributed by atoms with Gasteiger partial charge in [0.1, 0.15) is 19.0 Å². The molecule has 0 radical (unpaired) electrons. The minimum atomic E-state index is -0.308. The molecule has 9 nitrogen and oxygen atoms in total. The van der Waals surface area contributed by atoms with Crippen LogP contribution in [0.25, 0.3) is 11.3 Å². The molecule has 2 aliphatic rings. The zero-order chi connectivity index (χ0) is 21.0. The number of carbonyl (C=O) groups excluding carboxylic acids is 1. The average molecular weight is 425 g/mol. The van der Waals surface area contributed by atoms with Gasteiger partial charge < -0.3 is 28.5 Å². The van der Waals surface area contributed by atoms with E-state index in [9.17, 15) is 4.79 Å². The van der Waals surface area contributed by atoms with Gasteiger partial charge in [0.2, 0.25) is 0 Å². The average Bonchev–Trinajstić information content (AvgIpc) is 3.52. The number of benzene rings is 1. The maximum atomic E-state index is 12.7. The quantitative estimate of drug-likeness (QED) is 0.643. The summed E-state index contributed by atoms with van der Waals surface area (Å²) >= 11 is 0. The van der Waals surface area contributed by atoms with Crippen LogP contribution in [0, 0.1) is 0 Å². The molecule has 1 atom stereocenters. The van der Waals surface area contributed by atoms with Gasteiger partial charge in [-0.2, -0.15) is 0 Å². The summed E-state index contributed by atoms with van der Waals surface area (Å²) in [6, 6.07) is 10.8. The van der Waals surface area contributed by atoms with Gasteiger partial charge in [-0.3, -0.25) is 9.69 Å². The van der Waals surface area contributed by atoms with Crippen molar-refractivity contribution in [1.29, 1.82) is 0 Å². The second kappa shape index (κ2) is 8.83. The van der Waals surface area contributed by atoms with Gasteiger partial charge in [-0.15, -0.1) is 0 Å². The van der Waals surface area contributed by atoms with Crippen LogP contribution in [0.1, 0.15) is 22.3 Å². The topological polar surface area (TPSA) is 99.2 Å². The van der Waals surface area contributed by atoms with Crippen molar-refractivity contribution in [2.75, 3.05) is 46.1 Å². The number of aromatic nitrogens is 1. The first-order chi connectivity index (χ1) is 15.3. The lowest BCUT2D eigenvalue weighted by molar-refractivity contribution is 0.0118. The van der Waals surface area contributed by atoms with Crippen molar-refractivity contribution in [3.63, 3.8) is 0 Å². The molecule has 2 aliphatic heterocycles.